The number of hydrogen-bond donors (Lipinski definition) is 1. The van der Waals surface area contributed by atoms with Crippen molar-refractivity contribution in [1.29, 1.82) is 0 Å². The van der Waals surface area contributed by atoms with E-state index in [0.717, 1.165) is 5.56 Å². The maximum atomic E-state index is 13.3. The number of carbonyl (C=O) groups excluding carboxylic acids is 1. The van der Waals surface area contributed by atoms with Gasteiger partial charge in [0.2, 0.25) is 0 Å². The topological polar surface area (TPSA) is 52.3 Å². The minimum absolute atomic E-state index is 0.201. The standard InChI is InChI=1S/C15H14FNO2/c1-9-7-10(3-5-13(9)17)15(18)12-8-11(16)4-6-14(12)19-2/h3-8H,17H2,1-2H3. The molecule has 0 saturated heterocycles. The number of nitrogen functional groups attached to an aromatic ring is 1. The summed E-state index contributed by atoms with van der Waals surface area (Å²) < 4.78 is 18.4. The molecule has 0 aliphatic carbocycles. The second kappa shape index (κ2) is 5.10. The number of anilines is 1. The van der Waals surface area contributed by atoms with Crippen LogP contribution in [0.1, 0.15) is 21.5 Å². The highest BCUT2D eigenvalue weighted by Gasteiger charge is 2.16. The van der Waals surface area contributed by atoms with Crippen LogP contribution in [0, 0.1) is 12.7 Å². The van der Waals surface area contributed by atoms with Gasteiger partial charge in [0, 0.05) is 11.3 Å². The first-order valence-corrected chi connectivity index (χ1v) is 5.77. The lowest BCUT2D eigenvalue weighted by Crippen LogP contribution is -2.05. The largest absolute Gasteiger partial charge is 0.496 e. The Labute approximate surface area is 110 Å². The molecule has 2 aromatic carbocycles. The summed E-state index contributed by atoms with van der Waals surface area (Å²) in [5.41, 5.74) is 7.79. The molecule has 19 heavy (non-hydrogen) atoms. The summed E-state index contributed by atoms with van der Waals surface area (Å²) >= 11 is 0. The van der Waals surface area contributed by atoms with Gasteiger partial charge < -0.3 is 10.5 Å². The zero-order valence-corrected chi connectivity index (χ0v) is 10.7. The molecule has 0 heterocycles. The number of ketones is 1. The van der Waals surface area contributed by atoms with Gasteiger partial charge in [-0.25, -0.2) is 4.39 Å². The van der Waals surface area contributed by atoms with Crippen molar-refractivity contribution in [1.82, 2.24) is 0 Å². The van der Waals surface area contributed by atoms with Crippen LogP contribution in [0.3, 0.4) is 0 Å². The van der Waals surface area contributed by atoms with Crippen molar-refractivity contribution in [3.63, 3.8) is 0 Å². The zero-order chi connectivity index (χ0) is 14.0. The van der Waals surface area contributed by atoms with Crippen LogP contribution >= 0.6 is 0 Å². The molecule has 98 valence electrons. The van der Waals surface area contributed by atoms with Gasteiger partial charge in [0.05, 0.1) is 12.7 Å². The van der Waals surface area contributed by atoms with E-state index in [4.69, 9.17) is 10.5 Å². The molecular weight excluding hydrogens is 245 g/mol. The van der Waals surface area contributed by atoms with Crippen molar-refractivity contribution in [3.8, 4) is 5.75 Å². The fourth-order valence-electron chi connectivity index (χ4n) is 1.83. The third-order valence-corrected chi connectivity index (χ3v) is 2.94. The van der Waals surface area contributed by atoms with Crippen LogP contribution in [0.25, 0.3) is 0 Å². The number of methoxy groups -OCH3 is 1. The third-order valence-electron chi connectivity index (χ3n) is 2.94. The lowest BCUT2D eigenvalue weighted by Gasteiger charge is -2.09. The molecule has 0 saturated carbocycles. The Morgan fingerprint density at radius 2 is 1.95 bits per heavy atom. The predicted octanol–water partition coefficient (Wildman–Crippen LogP) is 2.96. The number of halogens is 1. The van der Waals surface area contributed by atoms with E-state index in [1.807, 2.05) is 6.92 Å². The fraction of sp³-hybridized carbons (Fsp3) is 0.133. The summed E-state index contributed by atoms with van der Waals surface area (Å²) in [6.45, 7) is 1.81. The van der Waals surface area contributed by atoms with Crippen molar-refractivity contribution in [2.24, 2.45) is 0 Å². The van der Waals surface area contributed by atoms with Gasteiger partial charge in [-0.3, -0.25) is 4.79 Å². The van der Waals surface area contributed by atoms with Crippen molar-refractivity contribution < 1.29 is 13.9 Å². The molecule has 2 N–H and O–H groups in total. The first kappa shape index (κ1) is 13.1. The summed E-state index contributed by atoms with van der Waals surface area (Å²) in [5.74, 6) is -0.420. The minimum atomic E-state index is -0.476. The monoisotopic (exact) mass is 259 g/mol. The second-order valence-electron chi connectivity index (χ2n) is 4.25. The van der Waals surface area contributed by atoms with Crippen LogP contribution in [0.15, 0.2) is 36.4 Å². The molecule has 0 unspecified atom stereocenters. The third kappa shape index (κ3) is 2.57. The molecule has 3 nitrogen and oxygen atoms in total. The Kier molecular flexibility index (Phi) is 3.51. The molecule has 0 radical (unpaired) electrons. The Bertz CT molecular complexity index is 638. The van der Waals surface area contributed by atoms with Gasteiger partial charge in [-0.2, -0.15) is 0 Å². The van der Waals surface area contributed by atoms with E-state index in [0.29, 0.717) is 17.0 Å². The molecular formula is C15H14FNO2. The fourth-order valence-corrected chi connectivity index (χ4v) is 1.83. The number of aryl methyl sites for hydroxylation is 1. The lowest BCUT2D eigenvalue weighted by molar-refractivity contribution is 0.103. The molecule has 0 fully saturated rings. The quantitative estimate of drug-likeness (QED) is 0.681. The SMILES string of the molecule is COc1ccc(F)cc1C(=O)c1ccc(N)c(C)c1. The number of hydrogen-bond acceptors (Lipinski definition) is 3. The van der Waals surface area contributed by atoms with E-state index < -0.39 is 5.82 Å². The molecule has 2 rings (SSSR count). The van der Waals surface area contributed by atoms with E-state index >= 15 is 0 Å². The smallest absolute Gasteiger partial charge is 0.196 e. The molecule has 0 aliphatic rings. The summed E-state index contributed by atoms with van der Waals surface area (Å²) in [7, 11) is 1.44. The normalized spacial score (nSPS) is 10.3. The molecule has 0 aliphatic heterocycles. The zero-order valence-electron chi connectivity index (χ0n) is 10.7. The molecule has 0 spiro atoms. The van der Waals surface area contributed by atoms with Crippen LogP contribution in [0.2, 0.25) is 0 Å². The average molecular weight is 259 g/mol. The molecule has 0 aromatic heterocycles. The number of nitrogens with two attached hydrogens (primary N) is 1. The molecule has 0 bridgehead atoms. The maximum Gasteiger partial charge on any atom is 0.196 e. The average Bonchev–Trinajstić information content (AvgIpc) is 2.41. The van der Waals surface area contributed by atoms with Crippen LogP contribution in [-0.2, 0) is 0 Å². The van der Waals surface area contributed by atoms with Crippen LogP contribution in [-0.4, -0.2) is 12.9 Å². The van der Waals surface area contributed by atoms with Crippen molar-refractivity contribution in [3.05, 3.63) is 58.9 Å². The Morgan fingerprint density at radius 3 is 2.58 bits per heavy atom. The van der Waals surface area contributed by atoms with Crippen LogP contribution < -0.4 is 10.5 Å². The van der Waals surface area contributed by atoms with Crippen LogP contribution in [0.5, 0.6) is 5.75 Å². The van der Waals surface area contributed by atoms with E-state index in [1.54, 1.807) is 18.2 Å². The van der Waals surface area contributed by atoms with E-state index in [9.17, 15) is 9.18 Å². The number of carbonyl (C=O) groups is 1. The molecule has 0 atom stereocenters. The number of rotatable bonds is 3. The summed E-state index contributed by atoms with van der Waals surface area (Å²) in [5, 5.41) is 0. The molecule has 4 heteroatoms. The second-order valence-corrected chi connectivity index (χ2v) is 4.25. The summed E-state index contributed by atoms with van der Waals surface area (Å²) in [4.78, 5) is 12.4. The van der Waals surface area contributed by atoms with Crippen molar-refractivity contribution in [2.45, 2.75) is 6.92 Å². The predicted molar refractivity (Wildman–Crippen MR) is 72.0 cm³/mol. The minimum Gasteiger partial charge on any atom is -0.496 e. The van der Waals surface area contributed by atoms with Gasteiger partial charge in [0.15, 0.2) is 5.78 Å². The summed E-state index contributed by atoms with van der Waals surface area (Å²) in [6.07, 6.45) is 0. The summed E-state index contributed by atoms with van der Waals surface area (Å²) in [6, 6.07) is 8.83. The maximum absolute atomic E-state index is 13.3. The Hall–Kier alpha value is -2.36. The van der Waals surface area contributed by atoms with E-state index in [2.05, 4.69) is 0 Å². The molecule has 0 amide bonds. The Morgan fingerprint density at radius 1 is 1.21 bits per heavy atom. The highest BCUT2D eigenvalue weighted by molar-refractivity contribution is 6.11. The first-order chi connectivity index (χ1) is 9.02. The first-order valence-electron chi connectivity index (χ1n) is 5.77. The van der Waals surface area contributed by atoms with Gasteiger partial charge in [-0.1, -0.05) is 0 Å². The number of ether oxygens (including phenoxy) is 1. The van der Waals surface area contributed by atoms with Gasteiger partial charge in [0.25, 0.3) is 0 Å². The van der Waals surface area contributed by atoms with Crippen LogP contribution in [0.4, 0.5) is 10.1 Å². The van der Waals surface area contributed by atoms with Gasteiger partial charge in [-0.15, -0.1) is 0 Å². The number of benzene rings is 2. The van der Waals surface area contributed by atoms with Crippen molar-refractivity contribution in [2.75, 3.05) is 12.8 Å². The lowest BCUT2D eigenvalue weighted by atomic mass is 10.00. The highest BCUT2D eigenvalue weighted by Crippen LogP contribution is 2.24. The van der Waals surface area contributed by atoms with Gasteiger partial charge in [-0.05, 0) is 48.9 Å². The van der Waals surface area contributed by atoms with Gasteiger partial charge in [0.1, 0.15) is 11.6 Å². The van der Waals surface area contributed by atoms with E-state index in [-0.39, 0.29) is 11.3 Å². The van der Waals surface area contributed by atoms with Gasteiger partial charge >= 0.3 is 0 Å². The van der Waals surface area contributed by atoms with E-state index in [1.165, 1.54) is 25.3 Å². The van der Waals surface area contributed by atoms with Crippen molar-refractivity contribution >= 4 is 11.5 Å². The highest BCUT2D eigenvalue weighted by atomic mass is 19.1. The Balaban J connectivity index is 2.49. The molecule has 2 aromatic rings.